The topological polar surface area (TPSA) is 37.3 Å². The maximum atomic E-state index is 5.23. The van der Waals surface area contributed by atoms with Crippen LogP contribution in [-0.4, -0.2) is 22.2 Å². The molecule has 1 aromatic heterocycles. The second-order valence-electron chi connectivity index (χ2n) is 3.97. The molecular weight excluding hydrogens is 242 g/mol. The third-order valence-electron chi connectivity index (χ3n) is 2.74. The Hall–Kier alpha value is -2.07. The van der Waals surface area contributed by atoms with Crippen molar-refractivity contribution in [3.05, 3.63) is 59.9 Å². The highest BCUT2D eigenvalue weighted by molar-refractivity contribution is 7.80. The minimum Gasteiger partial charge on any atom is -0.348 e. The van der Waals surface area contributed by atoms with Crippen LogP contribution in [0.1, 0.15) is 11.3 Å². The van der Waals surface area contributed by atoms with E-state index in [1.165, 1.54) is 0 Å². The normalized spacial score (nSPS) is 14.2. The summed E-state index contributed by atoms with van der Waals surface area (Å²) in [6.45, 7) is 0.496. The molecule has 1 aliphatic heterocycles. The zero-order valence-corrected chi connectivity index (χ0v) is 10.4. The number of aliphatic imine (C=N–C) groups is 1. The van der Waals surface area contributed by atoms with Gasteiger partial charge in [-0.25, -0.2) is 0 Å². The minimum atomic E-state index is 0.496. The fraction of sp³-hybridized carbons (Fsp3) is 0.0714. The number of hydrogen-bond donors (Lipinski definition) is 1. The van der Waals surface area contributed by atoms with Crippen molar-refractivity contribution in [1.29, 1.82) is 0 Å². The number of nitrogens with zero attached hydrogens (tertiary/aromatic N) is 2. The SMILES string of the molecule is S=C1CN=C(c2ccccn2)c2ccccc2N1. The number of nitrogens with one attached hydrogen (secondary N) is 1. The van der Waals surface area contributed by atoms with Crippen molar-refractivity contribution in [3.8, 4) is 0 Å². The molecule has 0 unspecified atom stereocenters. The first-order valence-electron chi connectivity index (χ1n) is 5.70. The lowest BCUT2D eigenvalue weighted by Gasteiger charge is -2.09. The van der Waals surface area contributed by atoms with Crippen LogP contribution in [0.2, 0.25) is 0 Å². The first-order valence-corrected chi connectivity index (χ1v) is 6.10. The number of rotatable bonds is 1. The van der Waals surface area contributed by atoms with Crippen LogP contribution in [0.25, 0.3) is 0 Å². The molecule has 1 aromatic carbocycles. The third-order valence-corrected chi connectivity index (χ3v) is 2.98. The second-order valence-corrected chi connectivity index (χ2v) is 4.47. The van der Waals surface area contributed by atoms with Crippen molar-refractivity contribution < 1.29 is 0 Å². The minimum absolute atomic E-state index is 0.496. The molecule has 4 heteroatoms. The molecule has 88 valence electrons. The van der Waals surface area contributed by atoms with E-state index in [2.05, 4.69) is 15.3 Å². The standard InChI is InChI=1S/C14H11N3S/c18-13-9-16-14(12-7-3-4-8-15-12)10-5-1-2-6-11(10)17-13/h1-8H,9H2,(H,17,18). The Morgan fingerprint density at radius 1 is 1.06 bits per heavy atom. The van der Waals surface area contributed by atoms with Gasteiger partial charge in [0.1, 0.15) is 4.99 Å². The maximum Gasteiger partial charge on any atom is 0.102 e. The molecule has 0 spiro atoms. The summed E-state index contributed by atoms with van der Waals surface area (Å²) in [6.07, 6.45) is 1.77. The highest BCUT2D eigenvalue weighted by Gasteiger charge is 2.16. The molecule has 3 nitrogen and oxygen atoms in total. The van der Waals surface area contributed by atoms with E-state index in [4.69, 9.17) is 12.2 Å². The van der Waals surface area contributed by atoms with Crippen LogP contribution in [0, 0.1) is 0 Å². The monoisotopic (exact) mass is 253 g/mol. The molecule has 18 heavy (non-hydrogen) atoms. The van der Waals surface area contributed by atoms with Crippen LogP contribution in [0.5, 0.6) is 0 Å². The number of hydrogen-bond acceptors (Lipinski definition) is 3. The van der Waals surface area contributed by atoms with Crippen LogP contribution in [0.3, 0.4) is 0 Å². The van der Waals surface area contributed by atoms with Gasteiger partial charge in [0.2, 0.25) is 0 Å². The number of anilines is 1. The molecule has 3 rings (SSSR count). The Morgan fingerprint density at radius 3 is 2.72 bits per heavy atom. The molecule has 0 saturated heterocycles. The highest BCUT2D eigenvalue weighted by Crippen LogP contribution is 2.21. The molecule has 2 aromatic rings. The van der Waals surface area contributed by atoms with Crippen molar-refractivity contribution in [2.75, 3.05) is 11.9 Å². The largest absolute Gasteiger partial charge is 0.348 e. The van der Waals surface area contributed by atoms with E-state index in [1.54, 1.807) is 6.20 Å². The molecular formula is C14H11N3S. The summed E-state index contributed by atoms with van der Waals surface area (Å²) in [4.78, 5) is 9.66. The highest BCUT2D eigenvalue weighted by atomic mass is 32.1. The Kier molecular flexibility index (Phi) is 2.86. The predicted molar refractivity (Wildman–Crippen MR) is 77.4 cm³/mol. The predicted octanol–water partition coefficient (Wildman–Crippen LogP) is 2.67. The molecule has 1 aliphatic rings. The average molecular weight is 253 g/mol. The van der Waals surface area contributed by atoms with Crippen molar-refractivity contribution in [1.82, 2.24) is 4.98 Å². The second kappa shape index (κ2) is 4.66. The number of fused-ring (bicyclic) bond motifs is 1. The average Bonchev–Trinajstić information content (AvgIpc) is 2.58. The molecule has 0 bridgehead atoms. The molecule has 0 atom stereocenters. The van der Waals surface area contributed by atoms with Gasteiger partial charge in [-0.15, -0.1) is 0 Å². The Bertz CT molecular complexity index is 620. The number of aromatic nitrogens is 1. The first-order chi connectivity index (χ1) is 8.84. The molecule has 0 fully saturated rings. The van der Waals surface area contributed by atoms with Gasteiger partial charge in [-0.3, -0.25) is 9.98 Å². The van der Waals surface area contributed by atoms with Gasteiger partial charge in [-0.2, -0.15) is 0 Å². The van der Waals surface area contributed by atoms with Crippen LogP contribution in [0.15, 0.2) is 53.7 Å². The number of para-hydroxylation sites is 1. The number of thiocarbonyl (C=S) groups is 1. The van der Waals surface area contributed by atoms with Crippen LogP contribution in [-0.2, 0) is 0 Å². The van der Waals surface area contributed by atoms with Crippen molar-refractivity contribution in [3.63, 3.8) is 0 Å². The van der Waals surface area contributed by atoms with E-state index in [1.807, 2.05) is 42.5 Å². The lowest BCUT2D eigenvalue weighted by atomic mass is 10.0. The summed E-state index contributed by atoms with van der Waals surface area (Å²) in [5.41, 5.74) is 3.79. The fourth-order valence-corrected chi connectivity index (χ4v) is 2.12. The molecule has 1 N–H and O–H groups in total. The van der Waals surface area contributed by atoms with Crippen LogP contribution < -0.4 is 5.32 Å². The summed E-state index contributed by atoms with van der Waals surface area (Å²) in [6, 6.07) is 13.8. The first kappa shape index (κ1) is 11.0. The summed E-state index contributed by atoms with van der Waals surface area (Å²) < 4.78 is 0. The van der Waals surface area contributed by atoms with Gasteiger partial charge in [0.15, 0.2) is 0 Å². The lowest BCUT2D eigenvalue weighted by Crippen LogP contribution is -2.10. The van der Waals surface area contributed by atoms with Crippen molar-refractivity contribution in [2.24, 2.45) is 4.99 Å². The summed E-state index contributed by atoms with van der Waals surface area (Å²) in [5, 5.41) is 3.21. The number of benzene rings is 1. The van der Waals surface area contributed by atoms with Gasteiger partial charge in [0.25, 0.3) is 0 Å². The van der Waals surface area contributed by atoms with Gasteiger partial charge in [0, 0.05) is 17.4 Å². The van der Waals surface area contributed by atoms with E-state index in [0.717, 1.165) is 27.6 Å². The van der Waals surface area contributed by atoms with E-state index in [0.29, 0.717) is 6.54 Å². The van der Waals surface area contributed by atoms with E-state index >= 15 is 0 Å². The zero-order valence-electron chi connectivity index (χ0n) is 9.63. The summed E-state index contributed by atoms with van der Waals surface area (Å²) in [5.74, 6) is 0. The van der Waals surface area contributed by atoms with Gasteiger partial charge in [-0.05, 0) is 18.2 Å². The number of benzodiazepines with no additional fused rings is 1. The Labute approximate surface area is 111 Å². The van der Waals surface area contributed by atoms with Crippen molar-refractivity contribution >= 4 is 28.6 Å². The van der Waals surface area contributed by atoms with E-state index < -0.39 is 0 Å². The Morgan fingerprint density at radius 2 is 1.89 bits per heavy atom. The number of pyridine rings is 1. The molecule has 0 radical (unpaired) electrons. The molecule has 0 aliphatic carbocycles. The smallest absolute Gasteiger partial charge is 0.102 e. The third kappa shape index (κ3) is 2.02. The maximum absolute atomic E-state index is 5.23. The van der Waals surface area contributed by atoms with Crippen LogP contribution >= 0.6 is 12.2 Å². The zero-order chi connectivity index (χ0) is 12.4. The van der Waals surface area contributed by atoms with Crippen LogP contribution in [0.4, 0.5) is 5.69 Å². The van der Waals surface area contributed by atoms with Gasteiger partial charge in [-0.1, -0.05) is 36.5 Å². The van der Waals surface area contributed by atoms with E-state index in [-0.39, 0.29) is 0 Å². The van der Waals surface area contributed by atoms with Crippen molar-refractivity contribution in [2.45, 2.75) is 0 Å². The molecule has 2 heterocycles. The van der Waals surface area contributed by atoms with E-state index in [9.17, 15) is 0 Å². The lowest BCUT2D eigenvalue weighted by molar-refractivity contribution is 1.25. The quantitative estimate of drug-likeness (QED) is 0.794. The summed E-state index contributed by atoms with van der Waals surface area (Å²) in [7, 11) is 0. The summed E-state index contributed by atoms with van der Waals surface area (Å²) >= 11 is 5.23. The van der Waals surface area contributed by atoms with Gasteiger partial charge in [0.05, 0.1) is 18.0 Å². The van der Waals surface area contributed by atoms with Gasteiger partial charge >= 0.3 is 0 Å². The fourth-order valence-electron chi connectivity index (χ4n) is 1.95. The molecule has 0 saturated carbocycles. The van der Waals surface area contributed by atoms with Gasteiger partial charge < -0.3 is 5.32 Å². The molecule has 0 amide bonds. The Balaban J connectivity index is 2.17.